The number of esters is 1. The third-order valence-corrected chi connectivity index (χ3v) is 3.37. The quantitative estimate of drug-likeness (QED) is 0.649. The van der Waals surface area contributed by atoms with Gasteiger partial charge in [0.25, 0.3) is 0 Å². The van der Waals surface area contributed by atoms with Crippen LogP contribution in [0.2, 0.25) is 0 Å². The average Bonchev–Trinajstić information content (AvgIpc) is 2.28. The van der Waals surface area contributed by atoms with Gasteiger partial charge in [-0.25, -0.2) is 0 Å². The van der Waals surface area contributed by atoms with E-state index in [1.165, 1.54) is 26.4 Å². The summed E-state index contributed by atoms with van der Waals surface area (Å²) in [5.74, 6) is -0.0955. The summed E-state index contributed by atoms with van der Waals surface area (Å²) in [6.45, 7) is 6.09. The fraction of sp³-hybridized carbons (Fsp3) is 0.909. The van der Waals surface area contributed by atoms with Crippen molar-refractivity contribution in [2.45, 2.75) is 45.1 Å². The lowest BCUT2D eigenvalue weighted by atomic mass is 9.93. The van der Waals surface area contributed by atoms with Gasteiger partial charge < -0.3 is 4.74 Å². The second-order valence-electron chi connectivity index (χ2n) is 4.17. The molecule has 0 saturated carbocycles. The second kappa shape index (κ2) is 4.78. The van der Waals surface area contributed by atoms with Crippen molar-refractivity contribution in [1.29, 1.82) is 0 Å². The molecule has 0 bridgehead atoms. The van der Waals surface area contributed by atoms with Crippen LogP contribution in [0.3, 0.4) is 0 Å². The molecule has 0 aliphatic carbocycles. The lowest BCUT2D eigenvalue weighted by Gasteiger charge is -2.40. The molecule has 0 spiro atoms. The van der Waals surface area contributed by atoms with Crippen LogP contribution in [-0.4, -0.2) is 36.6 Å². The van der Waals surface area contributed by atoms with Gasteiger partial charge in [0.15, 0.2) is 0 Å². The minimum absolute atomic E-state index is 0.0955. The molecule has 0 aromatic heterocycles. The van der Waals surface area contributed by atoms with Crippen molar-refractivity contribution in [2.24, 2.45) is 0 Å². The van der Waals surface area contributed by atoms with E-state index in [0.29, 0.717) is 0 Å². The number of nitrogens with zero attached hydrogens (tertiary/aromatic N) is 1. The standard InChI is InChI=1S/C11H21NO2/c1-4-11(2,10(13)14-3)12-8-6-5-7-9-12/h4-9H2,1-3H3. The third-order valence-electron chi connectivity index (χ3n) is 3.37. The molecule has 0 aromatic rings. The average molecular weight is 199 g/mol. The Morgan fingerprint density at radius 2 is 1.93 bits per heavy atom. The third kappa shape index (κ3) is 2.08. The van der Waals surface area contributed by atoms with Crippen LogP contribution < -0.4 is 0 Å². The number of carbonyl (C=O) groups is 1. The number of rotatable bonds is 3. The van der Waals surface area contributed by atoms with Gasteiger partial charge in [-0.2, -0.15) is 0 Å². The van der Waals surface area contributed by atoms with Crippen LogP contribution in [0.15, 0.2) is 0 Å². The van der Waals surface area contributed by atoms with Crippen LogP contribution in [0.5, 0.6) is 0 Å². The molecule has 0 amide bonds. The predicted octanol–water partition coefficient (Wildman–Crippen LogP) is 1.81. The molecule has 1 atom stereocenters. The van der Waals surface area contributed by atoms with Gasteiger partial charge in [-0.05, 0) is 39.3 Å². The van der Waals surface area contributed by atoms with Crippen LogP contribution >= 0.6 is 0 Å². The zero-order chi connectivity index (χ0) is 10.6. The highest BCUT2D eigenvalue weighted by Crippen LogP contribution is 2.25. The Labute approximate surface area is 86.4 Å². The van der Waals surface area contributed by atoms with E-state index in [0.717, 1.165) is 19.5 Å². The van der Waals surface area contributed by atoms with E-state index in [9.17, 15) is 4.79 Å². The molecule has 1 rings (SSSR count). The molecular formula is C11H21NO2. The zero-order valence-electron chi connectivity index (χ0n) is 9.51. The molecule has 1 unspecified atom stereocenters. The first kappa shape index (κ1) is 11.5. The van der Waals surface area contributed by atoms with E-state index in [-0.39, 0.29) is 5.97 Å². The molecule has 1 heterocycles. The molecule has 3 heteroatoms. The van der Waals surface area contributed by atoms with Crippen LogP contribution in [0, 0.1) is 0 Å². The molecule has 1 saturated heterocycles. The maximum Gasteiger partial charge on any atom is 0.325 e. The normalized spacial score (nSPS) is 22.8. The number of methoxy groups -OCH3 is 1. The minimum Gasteiger partial charge on any atom is -0.468 e. The van der Waals surface area contributed by atoms with Gasteiger partial charge in [-0.3, -0.25) is 9.69 Å². The van der Waals surface area contributed by atoms with Gasteiger partial charge in [0.05, 0.1) is 7.11 Å². The number of ether oxygens (including phenoxy) is 1. The number of likely N-dealkylation sites (tertiary alicyclic amines) is 1. The van der Waals surface area contributed by atoms with Crippen molar-refractivity contribution in [3.63, 3.8) is 0 Å². The zero-order valence-corrected chi connectivity index (χ0v) is 9.51. The van der Waals surface area contributed by atoms with Crippen molar-refractivity contribution in [3.8, 4) is 0 Å². The first-order valence-corrected chi connectivity index (χ1v) is 5.48. The van der Waals surface area contributed by atoms with Crippen LogP contribution in [0.4, 0.5) is 0 Å². The highest BCUT2D eigenvalue weighted by molar-refractivity contribution is 5.80. The van der Waals surface area contributed by atoms with E-state index >= 15 is 0 Å². The Balaban J connectivity index is 2.71. The molecule has 14 heavy (non-hydrogen) atoms. The highest BCUT2D eigenvalue weighted by atomic mass is 16.5. The molecule has 0 aromatic carbocycles. The SMILES string of the molecule is CCC(C)(C(=O)OC)N1CCCCC1. The van der Waals surface area contributed by atoms with Crippen molar-refractivity contribution in [3.05, 3.63) is 0 Å². The first-order valence-electron chi connectivity index (χ1n) is 5.48. The van der Waals surface area contributed by atoms with Gasteiger partial charge >= 0.3 is 5.97 Å². The topological polar surface area (TPSA) is 29.5 Å². The summed E-state index contributed by atoms with van der Waals surface area (Å²) in [7, 11) is 1.47. The molecule has 1 aliphatic heterocycles. The summed E-state index contributed by atoms with van der Waals surface area (Å²) in [5, 5.41) is 0. The van der Waals surface area contributed by atoms with Gasteiger partial charge in [0.1, 0.15) is 5.54 Å². The Morgan fingerprint density at radius 1 is 1.36 bits per heavy atom. The van der Waals surface area contributed by atoms with Crippen LogP contribution in [0.25, 0.3) is 0 Å². The number of hydrogen-bond donors (Lipinski definition) is 0. The summed E-state index contributed by atoms with van der Waals surface area (Å²) in [5.41, 5.74) is -0.408. The monoisotopic (exact) mass is 199 g/mol. The second-order valence-corrected chi connectivity index (χ2v) is 4.17. The molecule has 82 valence electrons. The van der Waals surface area contributed by atoms with Gasteiger partial charge in [0, 0.05) is 0 Å². The summed E-state index contributed by atoms with van der Waals surface area (Å²) >= 11 is 0. The summed E-state index contributed by atoms with van der Waals surface area (Å²) in [4.78, 5) is 14.0. The number of carbonyl (C=O) groups excluding carboxylic acids is 1. The maximum absolute atomic E-state index is 11.7. The first-order chi connectivity index (χ1) is 6.65. The van der Waals surface area contributed by atoms with Crippen molar-refractivity contribution >= 4 is 5.97 Å². The summed E-state index contributed by atoms with van der Waals surface area (Å²) in [6, 6.07) is 0. The van der Waals surface area contributed by atoms with Crippen molar-refractivity contribution in [2.75, 3.05) is 20.2 Å². The molecule has 1 fully saturated rings. The summed E-state index contributed by atoms with van der Waals surface area (Å²) < 4.78 is 4.88. The fourth-order valence-electron chi connectivity index (χ4n) is 2.10. The van der Waals surface area contributed by atoms with E-state index in [4.69, 9.17) is 4.74 Å². The Kier molecular flexibility index (Phi) is 3.93. The number of piperidine rings is 1. The van der Waals surface area contributed by atoms with Gasteiger partial charge in [-0.15, -0.1) is 0 Å². The maximum atomic E-state index is 11.7. The molecule has 3 nitrogen and oxygen atoms in total. The van der Waals surface area contributed by atoms with Crippen LogP contribution in [-0.2, 0) is 9.53 Å². The lowest BCUT2D eigenvalue weighted by Crippen LogP contribution is -2.54. The Bertz CT molecular complexity index is 199. The minimum atomic E-state index is -0.408. The fourth-order valence-corrected chi connectivity index (χ4v) is 2.10. The Morgan fingerprint density at radius 3 is 2.36 bits per heavy atom. The number of hydrogen-bond acceptors (Lipinski definition) is 3. The molecule has 1 aliphatic rings. The van der Waals surface area contributed by atoms with E-state index < -0.39 is 5.54 Å². The molecule has 0 radical (unpaired) electrons. The lowest BCUT2D eigenvalue weighted by molar-refractivity contribution is -0.155. The van der Waals surface area contributed by atoms with Crippen molar-refractivity contribution in [1.82, 2.24) is 4.90 Å². The van der Waals surface area contributed by atoms with Gasteiger partial charge in [-0.1, -0.05) is 13.3 Å². The van der Waals surface area contributed by atoms with Crippen LogP contribution in [0.1, 0.15) is 39.5 Å². The Hall–Kier alpha value is -0.570. The summed E-state index contributed by atoms with van der Waals surface area (Å²) in [6.07, 6.45) is 4.51. The van der Waals surface area contributed by atoms with E-state index in [1.54, 1.807) is 0 Å². The molecule has 0 N–H and O–H groups in total. The van der Waals surface area contributed by atoms with Gasteiger partial charge in [0.2, 0.25) is 0 Å². The van der Waals surface area contributed by atoms with Crippen molar-refractivity contribution < 1.29 is 9.53 Å². The molecular weight excluding hydrogens is 178 g/mol. The highest BCUT2D eigenvalue weighted by Gasteiger charge is 2.39. The van der Waals surface area contributed by atoms with E-state index in [2.05, 4.69) is 4.90 Å². The van der Waals surface area contributed by atoms with E-state index in [1.807, 2.05) is 13.8 Å². The largest absolute Gasteiger partial charge is 0.468 e. The smallest absolute Gasteiger partial charge is 0.325 e. The predicted molar refractivity (Wildman–Crippen MR) is 56.1 cm³/mol.